The van der Waals surface area contributed by atoms with Crippen molar-refractivity contribution >= 4 is 17.6 Å². The lowest BCUT2D eigenvalue weighted by molar-refractivity contribution is -0.134. The highest BCUT2D eigenvalue weighted by Gasteiger charge is 2.34. The molecule has 0 saturated carbocycles. The van der Waals surface area contributed by atoms with Crippen LogP contribution in [0.4, 0.5) is 14.9 Å². The summed E-state index contributed by atoms with van der Waals surface area (Å²) < 4.78 is 22.0. The lowest BCUT2D eigenvalue weighted by Crippen LogP contribution is -2.49. The van der Waals surface area contributed by atoms with Gasteiger partial charge in [-0.05, 0) is 37.3 Å². The van der Waals surface area contributed by atoms with Crippen LogP contribution in [0.25, 0.3) is 0 Å². The first kappa shape index (κ1) is 23.5. The molecule has 178 valence electrons. The Balaban J connectivity index is 1.56. The van der Waals surface area contributed by atoms with Crippen molar-refractivity contribution in [2.45, 2.75) is 19.5 Å². The number of nitrogens with one attached hydrogen (secondary N) is 1. The van der Waals surface area contributed by atoms with Crippen LogP contribution < -0.4 is 5.32 Å². The van der Waals surface area contributed by atoms with E-state index in [0.29, 0.717) is 24.3 Å². The summed E-state index contributed by atoms with van der Waals surface area (Å²) in [4.78, 5) is 29.6. The third kappa shape index (κ3) is 5.12. The molecule has 0 radical (unpaired) electrons. The molecule has 0 spiro atoms. The van der Waals surface area contributed by atoms with Crippen molar-refractivity contribution in [1.82, 2.24) is 14.4 Å². The molecule has 7 nitrogen and oxygen atoms in total. The van der Waals surface area contributed by atoms with Gasteiger partial charge >= 0.3 is 6.03 Å². The molecule has 8 heteroatoms. The molecule has 4 rings (SSSR count). The number of rotatable bonds is 7. The molecular formula is C26H29FN4O3. The number of hydrogen-bond acceptors (Lipinski definition) is 3. The van der Waals surface area contributed by atoms with Gasteiger partial charge < -0.3 is 24.4 Å². The van der Waals surface area contributed by atoms with Crippen LogP contribution in [0.2, 0.25) is 0 Å². The molecule has 1 aliphatic heterocycles. The summed E-state index contributed by atoms with van der Waals surface area (Å²) in [5.74, 6) is -0.621. The van der Waals surface area contributed by atoms with Gasteiger partial charge in [-0.2, -0.15) is 0 Å². The first-order valence-electron chi connectivity index (χ1n) is 11.3. The minimum absolute atomic E-state index is 0.146. The first-order chi connectivity index (χ1) is 16.5. The molecule has 2 heterocycles. The van der Waals surface area contributed by atoms with Crippen LogP contribution in [0.1, 0.15) is 22.9 Å². The van der Waals surface area contributed by atoms with Gasteiger partial charge in [0.2, 0.25) is 5.91 Å². The number of hydrogen-bond donors (Lipinski definition) is 1. The average molecular weight is 465 g/mol. The van der Waals surface area contributed by atoms with Crippen LogP contribution in [-0.4, -0.2) is 59.7 Å². The van der Waals surface area contributed by atoms with E-state index < -0.39 is 12.1 Å². The number of aryl methyl sites for hydroxylation is 1. The maximum Gasteiger partial charge on any atom is 0.322 e. The summed E-state index contributed by atoms with van der Waals surface area (Å²) in [6.07, 6.45) is 1.94. The summed E-state index contributed by atoms with van der Waals surface area (Å²) in [5.41, 5.74) is 3.00. The number of fused-ring (bicyclic) bond motifs is 1. The van der Waals surface area contributed by atoms with Gasteiger partial charge in [0, 0.05) is 49.9 Å². The van der Waals surface area contributed by atoms with Gasteiger partial charge in [-0.3, -0.25) is 4.79 Å². The molecular weight excluding hydrogens is 435 g/mol. The molecule has 1 aliphatic rings. The summed E-state index contributed by atoms with van der Waals surface area (Å²) in [6.45, 7) is 3.37. The van der Waals surface area contributed by atoms with Crippen molar-refractivity contribution in [3.05, 3.63) is 89.5 Å². The molecule has 0 fully saturated rings. The molecule has 0 bridgehead atoms. The second kappa shape index (κ2) is 10.5. The minimum Gasteiger partial charge on any atom is -0.383 e. The fourth-order valence-electron chi connectivity index (χ4n) is 4.22. The Morgan fingerprint density at radius 3 is 2.59 bits per heavy atom. The van der Waals surface area contributed by atoms with E-state index in [1.807, 2.05) is 54.1 Å². The normalized spacial score (nSPS) is 15.0. The van der Waals surface area contributed by atoms with Gasteiger partial charge in [0.15, 0.2) is 0 Å². The molecule has 34 heavy (non-hydrogen) atoms. The quantitative estimate of drug-likeness (QED) is 0.574. The highest BCUT2D eigenvalue weighted by atomic mass is 19.1. The number of methoxy groups -OCH3 is 1. The average Bonchev–Trinajstić information content (AvgIpc) is 3.32. The van der Waals surface area contributed by atoms with Crippen LogP contribution in [0.3, 0.4) is 0 Å². The van der Waals surface area contributed by atoms with Crippen LogP contribution in [0.15, 0.2) is 66.9 Å². The minimum atomic E-state index is -0.568. The number of anilines is 1. The third-order valence-corrected chi connectivity index (χ3v) is 6.04. The zero-order chi connectivity index (χ0) is 24.1. The van der Waals surface area contributed by atoms with Gasteiger partial charge in [-0.15, -0.1) is 0 Å². The zero-order valence-electron chi connectivity index (χ0n) is 19.4. The largest absolute Gasteiger partial charge is 0.383 e. The highest BCUT2D eigenvalue weighted by molar-refractivity contribution is 5.92. The Hall–Kier alpha value is -3.65. The molecule has 1 aromatic heterocycles. The van der Waals surface area contributed by atoms with Gasteiger partial charge in [-0.25, -0.2) is 9.18 Å². The van der Waals surface area contributed by atoms with Crippen molar-refractivity contribution < 1.29 is 18.7 Å². The van der Waals surface area contributed by atoms with Crippen molar-refractivity contribution in [3.63, 3.8) is 0 Å². The third-order valence-electron chi connectivity index (χ3n) is 6.04. The monoisotopic (exact) mass is 464 g/mol. The van der Waals surface area contributed by atoms with Crippen molar-refractivity contribution in [2.24, 2.45) is 0 Å². The Bertz CT molecular complexity index is 1140. The highest BCUT2D eigenvalue weighted by Crippen LogP contribution is 2.34. The van der Waals surface area contributed by atoms with E-state index >= 15 is 0 Å². The summed E-state index contributed by atoms with van der Waals surface area (Å²) in [5, 5.41) is 2.85. The number of urea groups is 1. The zero-order valence-corrected chi connectivity index (χ0v) is 19.4. The summed E-state index contributed by atoms with van der Waals surface area (Å²) >= 11 is 0. The van der Waals surface area contributed by atoms with E-state index in [-0.39, 0.29) is 31.4 Å². The summed E-state index contributed by atoms with van der Waals surface area (Å²) in [7, 11) is 1.55. The number of nitrogens with zero attached hydrogens (tertiary/aromatic N) is 3. The standard InChI is InChI=1S/C26H29FN4O3/c1-19-9-11-20(12-10-19)28-26(33)30(16-17-34-2)18-24(32)31-15-14-29-13-5-8-23(29)25(31)21-6-3-4-7-22(21)27/h3-13,25H,14-18H2,1-2H3,(H,28,33). The molecule has 1 N–H and O–H groups in total. The van der Waals surface area contributed by atoms with Gasteiger partial charge in [0.25, 0.3) is 0 Å². The van der Waals surface area contributed by atoms with Gasteiger partial charge in [0.1, 0.15) is 18.4 Å². The van der Waals surface area contributed by atoms with E-state index in [9.17, 15) is 14.0 Å². The number of amides is 3. The smallest absolute Gasteiger partial charge is 0.322 e. The second-order valence-corrected chi connectivity index (χ2v) is 8.35. The SMILES string of the molecule is COCCN(CC(=O)N1CCn2cccc2C1c1ccccc1F)C(=O)Nc1ccc(C)cc1. The second-order valence-electron chi connectivity index (χ2n) is 8.35. The van der Waals surface area contributed by atoms with Crippen molar-refractivity contribution in [3.8, 4) is 0 Å². The van der Waals surface area contributed by atoms with Crippen LogP contribution in [-0.2, 0) is 16.1 Å². The van der Waals surface area contributed by atoms with Crippen LogP contribution in [0.5, 0.6) is 0 Å². The molecule has 0 saturated heterocycles. The maximum absolute atomic E-state index is 14.8. The lowest BCUT2D eigenvalue weighted by Gasteiger charge is -2.38. The van der Waals surface area contributed by atoms with E-state index in [0.717, 1.165) is 11.3 Å². The lowest BCUT2D eigenvalue weighted by atomic mass is 9.99. The number of carbonyl (C=O) groups is 2. The number of ether oxygens (including phenoxy) is 1. The van der Waals surface area contributed by atoms with Crippen molar-refractivity contribution in [2.75, 3.05) is 38.7 Å². The van der Waals surface area contributed by atoms with E-state index in [2.05, 4.69) is 5.32 Å². The fraction of sp³-hybridized carbons (Fsp3) is 0.308. The Morgan fingerprint density at radius 1 is 1.09 bits per heavy atom. The predicted molar refractivity (Wildman–Crippen MR) is 128 cm³/mol. The van der Waals surface area contributed by atoms with Crippen LogP contribution in [0, 0.1) is 12.7 Å². The number of benzene rings is 2. The maximum atomic E-state index is 14.8. The number of carbonyl (C=O) groups excluding carboxylic acids is 2. The molecule has 1 unspecified atom stereocenters. The Labute approximate surface area is 198 Å². The number of halogens is 1. The topological polar surface area (TPSA) is 66.8 Å². The Morgan fingerprint density at radius 2 is 1.85 bits per heavy atom. The van der Waals surface area contributed by atoms with E-state index in [4.69, 9.17) is 4.74 Å². The molecule has 0 aliphatic carbocycles. The summed E-state index contributed by atoms with van der Waals surface area (Å²) in [6, 6.07) is 16.8. The van der Waals surface area contributed by atoms with Gasteiger partial charge in [0.05, 0.1) is 6.61 Å². The molecule has 3 amide bonds. The van der Waals surface area contributed by atoms with E-state index in [1.165, 1.54) is 11.0 Å². The molecule has 1 atom stereocenters. The van der Waals surface area contributed by atoms with Crippen LogP contribution >= 0.6 is 0 Å². The van der Waals surface area contributed by atoms with E-state index in [1.54, 1.807) is 30.2 Å². The first-order valence-corrected chi connectivity index (χ1v) is 11.3. The molecule has 3 aromatic rings. The predicted octanol–water partition coefficient (Wildman–Crippen LogP) is 4.05. The molecule has 2 aromatic carbocycles. The Kier molecular flexibility index (Phi) is 7.27. The van der Waals surface area contributed by atoms with Crippen molar-refractivity contribution in [1.29, 1.82) is 0 Å². The van der Waals surface area contributed by atoms with Gasteiger partial charge in [-0.1, -0.05) is 35.9 Å². The number of aromatic nitrogens is 1. The fourth-order valence-corrected chi connectivity index (χ4v) is 4.22.